The Labute approximate surface area is 134 Å². The van der Waals surface area contributed by atoms with Crippen molar-refractivity contribution in [2.24, 2.45) is 0 Å². The van der Waals surface area contributed by atoms with E-state index in [-0.39, 0.29) is 11.7 Å². The van der Waals surface area contributed by atoms with Crippen LogP contribution in [-0.2, 0) is 11.3 Å². The van der Waals surface area contributed by atoms with Gasteiger partial charge in [-0.2, -0.15) is 0 Å². The molecule has 0 atom stereocenters. The smallest absolute Gasteiger partial charge is 0.337 e. The highest BCUT2D eigenvalue weighted by Crippen LogP contribution is 2.13. The minimum absolute atomic E-state index is 0.173. The van der Waals surface area contributed by atoms with E-state index < -0.39 is 5.97 Å². The molecule has 0 bridgehead atoms. The van der Waals surface area contributed by atoms with E-state index >= 15 is 0 Å². The number of halogens is 1. The molecule has 0 saturated carbocycles. The van der Waals surface area contributed by atoms with Crippen molar-refractivity contribution >= 4 is 11.9 Å². The number of nitrogens with zero attached hydrogens (tertiary/aromatic N) is 1. The van der Waals surface area contributed by atoms with Crippen molar-refractivity contribution in [3.8, 4) is 0 Å². The van der Waals surface area contributed by atoms with Crippen LogP contribution < -0.4 is 0 Å². The van der Waals surface area contributed by atoms with Gasteiger partial charge in [-0.05, 0) is 48.9 Å². The highest BCUT2D eigenvalue weighted by Gasteiger charge is 2.15. The van der Waals surface area contributed by atoms with Crippen LogP contribution in [-0.4, -0.2) is 30.4 Å². The molecule has 0 spiro atoms. The molecule has 0 unspecified atom stereocenters. The van der Waals surface area contributed by atoms with Crippen molar-refractivity contribution in [3.05, 3.63) is 71.0 Å². The number of hydrogen-bond donors (Lipinski definition) is 0. The number of carbonyl (C=O) groups is 2. The molecule has 0 heterocycles. The van der Waals surface area contributed by atoms with E-state index in [1.165, 1.54) is 19.2 Å². The Kier molecular flexibility index (Phi) is 5.46. The summed E-state index contributed by atoms with van der Waals surface area (Å²) in [6.07, 6.45) is 0. The third kappa shape index (κ3) is 4.16. The Morgan fingerprint density at radius 2 is 1.74 bits per heavy atom. The van der Waals surface area contributed by atoms with Crippen LogP contribution in [0.3, 0.4) is 0 Å². The summed E-state index contributed by atoms with van der Waals surface area (Å²) in [4.78, 5) is 25.5. The van der Waals surface area contributed by atoms with E-state index in [2.05, 4.69) is 4.74 Å². The number of esters is 1. The number of ether oxygens (including phenoxy) is 1. The molecule has 1 amide bonds. The average molecular weight is 315 g/mol. The summed E-state index contributed by atoms with van der Waals surface area (Å²) < 4.78 is 17.9. The van der Waals surface area contributed by atoms with Crippen molar-refractivity contribution in [1.82, 2.24) is 4.90 Å². The normalized spacial score (nSPS) is 10.2. The molecule has 0 saturated heterocycles. The zero-order chi connectivity index (χ0) is 16.8. The zero-order valence-corrected chi connectivity index (χ0v) is 13.1. The van der Waals surface area contributed by atoms with Gasteiger partial charge in [0.05, 0.1) is 12.7 Å². The number of carbonyl (C=O) groups excluding carboxylic acids is 2. The van der Waals surface area contributed by atoms with E-state index in [0.29, 0.717) is 24.2 Å². The fourth-order valence-electron chi connectivity index (χ4n) is 2.23. The maximum atomic E-state index is 13.3. The standard InChI is InChI=1S/C18H18FNO3/c1-3-20(12-13-5-4-6-16(19)11-13)17(21)14-7-9-15(10-8-14)18(22)23-2/h4-11H,3,12H2,1-2H3. The molecular formula is C18H18FNO3. The molecule has 2 aromatic carbocycles. The third-order valence-electron chi connectivity index (χ3n) is 3.48. The molecule has 0 aliphatic heterocycles. The molecule has 2 rings (SSSR count). The van der Waals surface area contributed by atoms with Crippen molar-refractivity contribution in [2.45, 2.75) is 13.5 Å². The maximum absolute atomic E-state index is 13.3. The topological polar surface area (TPSA) is 46.6 Å². The molecule has 5 heteroatoms. The first kappa shape index (κ1) is 16.7. The molecule has 0 aromatic heterocycles. The second kappa shape index (κ2) is 7.54. The Hall–Kier alpha value is -2.69. The van der Waals surface area contributed by atoms with Crippen LogP contribution in [0.1, 0.15) is 33.2 Å². The predicted octanol–water partition coefficient (Wildman–Crippen LogP) is 3.27. The summed E-state index contributed by atoms with van der Waals surface area (Å²) >= 11 is 0. The zero-order valence-electron chi connectivity index (χ0n) is 13.1. The first-order valence-corrected chi connectivity index (χ1v) is 7.27. The fourth-order valence-corrected chi connectivity index (χ4v) is 2.23. The highest BCUT2D eigenvalue weighted by atomic mass is 19.1. The van der Waals surface area contributed by atoms with Crippen molar-refractivity contribution in [3.63, 3.8) is 0 Å². The van der Waals surface area contributed by atoms with Gasteiger partial charge >= 0.3 is 5.97 Å². The Bertz CT molecular complexity index is 698. The van der Waals surface area contributed by atoms with Crippen LogP contribution >= 0.6 is 0 Å². The van der Waals surface area contributed by atoms with Crippen molar-refractivity contribution in [2.75, 3.05) is 13.7 Å². The Morgan fingerprint density at radius 1 is 1.09 bits per heavy atom. The van der Waals surface area contributed by atoms with Gasteiger partial charge in [-0.1, -0.05) is 12.1 Å². The lowest BCUT2D eigenvalue weighted by Gasteiger charge is -2.21. The van der Waals surface area contributed by atoms with Gasteiger partial charge in [-0.15, -0.1) is 0 Å². The second-order valence-electron chi connectivity index (χ2n) is 5.02. The van der Waals surface area contributed by atoms with Gasteiger partial charge in [-0.25, -0.2) is 9.18 Å². The van der Waals surface area contributed by atoms with Crippen LogP contribution in [0.4, 0.5) is 4.39 Å². The molecule has 0 fully saturated rings. The Balaban J connectivity index is 2.14. The molecule has 4 nitrogen and oxygen atoms in total. The number of benzene rings is 2. The van der Waals surface area contributed by atoms with Gasteiger partial charge in [0.2, 0.25) is 0 Å². The van der Waals surface area contributed by atoms with E-state index in [9.17, 15) is 14.0 Å². The average Bonchev–Trinajstić information content (AvgIpc) is 2.58. The molecule has 0 N–H and O–H groups in total. The van der Waals surface area contributed by atoms with Crippen LogP contribution in [0.15, 0.2) is 48.5 Å². The van der Waals surface area contributed by atoms with Gasteiger partial charge in [0.15, 0.2) is 0 Å². The summed E-state index contributed by atoms with van der Waals surface area (Å²) in [5, 5.41) is 0. The quantitative estimate of drug-likeness (QED) is 0.796. The number of rotatable bonds is 5. The number of methoxy groups -OCH3 is 1. The minimum atomic E-state index is -0.448. The van der Waals surface area contributed by atoms with Gasteiger partial charge in [0.25, 0.3) is 5.91 Å². The van der Waals surface area contributed by atoms with Crippen LogP contribution in [0, 0.1) is 5.82 Å². The fraction of sp³-hybridized carbons (Fsp3) is 0.222. The summed E-state index contributed by atoms with van der Waals surface area (Å²) in [7, 11) is 1.30. The van der Waals surface area contributed by atoms with Gasteiger partial charge in [0, 0.05) is 18.7 Å². The summed E-state index contributed by atoms with van der Waals surface area (Å²) in [5.74, 6) is -0.947. The minimum Gasteiger partial charge on any atom is -0.465 e. The van der Waals surface area contributed by atoms with Crippen LogP contribution in [0.2, 0.25) is 0 Å². The highest BCUT2D eigenvalue weighted by molar-refractivity contribution is 5.96. The second-order valence-corrected chi connectivity index (χ2v) is 5.02. The number of hydrogen-bond acceptors (Lipinski definition) is 3. The van der Waals surface area contributed by atoms with Gasteiger partial charge < -0.3 is 9.64 Å². The molecule has 120 valence electrons. The van der Waals surface area contributed by atoms with E-state index in [0.717, 1.165) is 5.56 Å². The first-order valence-electron chi connectivity index (χ1n) is 7.27. The molecular weight excluding hydrogens is 297 g/mol. The van der Waals surface area contributed by atoms with Crippen molar-refractivity contribution in [1.29, 1.82) is 0 Å². The molecule has 2 aromatic rings. The SMILES string of the molecule is CCN(Cc1cccc(F)c1)C(=O)c1ccc(C(=O)OC)cc1. The predicted molar refractivity (Wildman–Crippen MR) is 84.6 cm³/mol. The van der Waals surface area contributed by atoms with Crippen molar-refractivity contribution < 1.29 is 18.7 Å². The van der Waals surface area contributed by atoms with E-state index in [4.69, 9.17) is 0 Å². The van der Waals surface area contributed by atoms with Crippen LogP contribution in [0.25, 0.3) is 0 Å². The van der Waals surface area contributed by atoms with E-state index in [1.54, 1.807) is 41.3 Å². The van der Waals surface area contributed by atoms with Gasteiger partial charge in [-0.3, -0.25) is 4.79 Å². The lowest BCUT2D eigenvalue weighted by atomic mass is 10.1. The molecule has 0 aliphatic rings. The third-order valence-corrected chi connectivity index (χ3v) is 3.48. The summed E-state index contributed by atoms with van der Waals surface area (Å²) in [6, 6.07) is 12.5. The summed E-state index contributed by atoms with van der Waals surface area (Å²) in [6.45, 7) is 2.68. The Morgan fingerprint density at radius 3 is 2.30 bits per heavy atom. The monoisotopic (exact) mass is 315 g/mol. The maximum Gasteiger partial charge on any atom is 0.337 e. The lowest BCUT2D eigenvalue weighted by Crippen LogP contribution is -2.30. The largest absolute Gasteiger partial charge is 0.465 e. The van der Waals surface area contributed by atoms with E-state index in [1.807, 2.05) is 6.92 Å². The first-order chi connectivity index (χ1) is 11.0. The van der Waals surface area contributed by atoms with Crippen LogP contribution in [0.5, 0.6) is 0 Å². The lowest BCUT2D eigenvalue weighted by molar-refractivity contribution is 0.0599. The van der Waals surface area contributed by atoms with Gasteiger partial charge in [0.1, 0.15) is 5.82 Å². The molecule has 0 radical (unpaired) electrons. The summed E-state index contributed by atoms with van der Waals surface area (Å²) in [5.41, 5.74) is 1.58. The molecule has 23 heavy (non-hydrogen) atoms. The number of amides is 1. The molecule has 0 aliphatic carbocycles.